The van der Waals surface area contributed by atoms with E-state index >= 15 is 0 Å². The zero-order valence-corrected chi connectivity index (χ0v) is 9.25. The van der Waals surface area contributed by atoms with Gasteiger partial charge in [0, 0.05) is 0 Å². The predicted molar refractivity (Wildman–Crippen MR) is 57.8 cm³/mol. The van der Waals surface area contributed by atoms with Gasteiger partial charge in [-0.25, -0.2) is 14.5 Å². The first-order valence-corrected chi connectivity index (χ1v) is 4.75. The number of anilines is 1. The van der Waals surface area contributed by atoms with Crippen LogP contribution in [0.15, 0.2) is 6.20 Å². The Labute approximate surface area is 96.1 Å². The maximum Gasteiger partial charge on any atom is 0.358 e. The molecule has 8 nitrogen and oxygen atoms in total. The molecule has 0 aromatic carbocycles. The molecule has 0 amide bonds. The van der Waals surface area contributed by atoms with Crippen molar-refractivity contribution in [1.82, 2.24) is 25.0 Å². The van der Waals surface area contributed by atoms with Crippen molar-refractivity contribution in [3.05, 3.63) is 23.3 Å². The van der Waals surface area contributed by atoms with Crippen molar-refractivity contribution in [3.63, 3.8) is 0 Å². The molecule has 0 aliphatic carbocycles. The van der Waals surface area contributed by atoms with E-state index in [-0.39, 0.29) is 17.3 Å². The number of nitrogens with zero attached hydrogens (tertiary/aromatic N) is 5. The van der Waals surface area contributed by atoms with Crippen molar-refractivity contribution >= 4 is 11.7 Å². The number of carbonyl (C=O) groups is 1. The molecule has 2 rings (SSSR count). The van der Waals surface area contributed by atoms with Crippen molar-refractivity contribution in [3.8, 4) is 5.95 Å². The maximum absolute atomic E-state index is 10.8. The molecule has 0 saturated heterocycles. The van der Waals surface area contributed by atoms with E-state index in [0.717, 1.165) is 0 Å². The lowest BCUT2D eigenvalue weighted by Gasteiger charge is -2.00. The van der Waals surface area contributed by atoms with Crippen LogP contribution in [-0.4, -0.2) is 36.0 Å². The zero-order chi connectivity index (χ0) is 12.6. The van der Waals surface area contributed by atoms with Crippen LogP contribution < -0.4 is 5.73 Å². The molecule has 17 heavy (non-hydrogen) atoms. The smallest absolute Gasteiger partial charge is 0.358 e. The van der Waals surface area contributed by atoms with Crippen LogP contribution in [0.4, 0.5) is 5.69 Å². The number of aromatic carboxylic acids is 1. The minimum absolute atomic E-state index is 0.0549. The van der Waals surface area contributed by atoms with E-state index in [4.69, 9.17) is 10.8 Å². The lowest BCUT2D eigenvalue weighted by atomic mass is 10.4. The first-order valence-electron chi connectivity index (χ1n) is 4.75. The summed E-state index contributed by atoms with van der Waals surface area (Å²) in [6.45, 7) is 3.55. The highest BCUT2D eigenvalue weighted by Gasteiger charge is 2.15. The second-order valence-electron chi connectivity index (χ2n) is 3.47. The molecular formula is C9H10N6O2. The van der Waals surface area contributed by atoms with Gasteiger partial charge < -0.3 is 10.8 Å². The normalized spacial score (nSPS) is 10.5. The Balaban J connectivity index is 2.50. The largest absolute Gasteiger partial charge is 0.476 e. The average molecular weight is 234 g/mol. The summed E-state index contributed by atoms with van der Waals surface area (Å²) in [6, 6.07) is 0. The minimum Gasteiger partial charge on any atom is -0.476 e. The van der Waals surface area contributed by atoms with Gasteiger partial charge in [0.15, 0.2) is 5.69 Å². The van der Waals surface area contributed by atoms with Crippen molar-refractivity contribution in [2.75, 3.05) is 5.73 Å². The van der Waals surface area contributed by atoms with Gasteiger partial charge in [-0.2, -0.15) is 10.2 Å². The quantitative estimate of drug-likeness (QED) is 0.747. The third kappa shape index (κ3) is 1.92. The molecule has 8 heteroatoms. The van der Waals surface area contributed by atoms with Crippen LogP contribution in [0.3, 0.4) is 0 Å². The van der Waals surface area contributed by atoms with E-state index < -0.39 is 5.97 Å². The molecule has 2 aromatic rings. The fourth-order valence-corrected chi connectivity index (χ4v) is 1.20. The number of nitrogens with two attached hydrogens (primary N) is 1. The molecule has 2 aromatic heterocycles. The van der Waals surface area contributed by atoms with Crippen molar-refractivity contribution in [1.29, 1.82) is 0 Å². The molecular weight excluding hydrogens is 224 g/mol. The molecule has 0 aliphatic heterocycles. The number of hydrogen-bond donors (Lipinski definition) is 2. The number of carboxylic acid groups (broad SMARTS) is 1. The fraction of sp³-hybridized carbons (Fsp3) is 0.222. The van der Waals surface area contributed by atoms with Gasteiger partial charge in [0.1, 0.15) is 0 Å². The molecule has 3 N–H and O–H groups in total. The molecule has 88 valence electrons. The number of nitrogen functional groups attached to an aromatic ring is 1. The first kappa shape index (κ1) is 11.0. The summed E-state index contributed by atoms with van der Waals surface area (Å²) in [4.78, 5) is 14.9. The third-order valence-corrected chi connectivity index (χ3v) is 2.23. The molecule has 0 atom stereocenters. The number of aryl methyl sites for hydroxylation is 2. The lowest BCUT2D eigenvalue weighted by Crippen LogP contribution is -2.08. The first-order chi connectivity index (χ1) is 7.99. The van der Waals surface area contributed by atoms with Crippen molar-refractivity contribution in [2.24, 2.45) is 0 Å². The van der Waals surface area contributed by atoms with E-state index in [1.165, 1.54) is 10.9 Å². The van der Waals surface area contributed by atoms with Crippen LogP contribution in [0.2, 0.25) is 0 Å². The van der Waals surface area contributed by atoms with Crippen LogP contribution >= 0.6 is 0 Å². The number of hydrogen-bond acceptors (Lipinski definition) is 6. The third-order valence-electron chi connectivity index (χ3n) is 2.23. The standard InChI is InChI=1S/C9H10N6O2/c1-4-5(2)12-13-9(11-4)15-3-6(10)7(14-15)8(16)17/h3H,10H2,1-2H3,(H,16,17). The minimum atomic E-state index is -1.20. The Kier molecular flexibility index (Phi) is 2.47. The van der Waals surface area contributed by atoms with Crippen LogP contribution in [0, 0.1) is 13.8 Å². The summed E-state index contributed by atoms with van der Waals surface area (Å²) in [5.41, 5.74) is 6.73. The molecule has 0 spiro atoms. The van der Waals surface area contributed by atoms with Gasteiger partial charge in [0.05, 0.1) is 23.3 Å². The van der Waals surface area contributed by atoms with E-state index in [9.17, 15) is 4.79 Å². The van der Waals surface area contributed by atoms with Gasteiger partial charge in [0.2, 0.25) is 0 Å². The summed E-state index contributed by atoms with van der Waals surface area (Å²) in [7, 11) is 0. The second kappa shape index (κ2) is 3.81. The monoisotopic (exact) mass is 234 g/mol. The summed E-state index contributed by atoms with van der Waals surface area (Å²) in [5, 5.41) is 20.3. The molecule has 0 bridgehead atoms. The van der Waals surface area contributed by atoms with Crippen LogP contribution in [0.5, 0.6) is 0 Å². The fourth-order valence-electron chi connectivity index (χ4n) is 1.20. The highest BCUT2D eigenvalue weighted by molar-refractivity contribution is 5.91. The lowest BCUT2D eigenvalue weighted by molar-refractivity contribution is 0.0691. The van der Waals surface area contributed by atoms with Crippen LogP contribution in [0.1, 0.15) is 21.9 Å². The number of rotatable bonds is 2. The Bertz CT molecular complexity index is 591. The van der Waals surface area contributed by atoms with Gasteiger partial charge in [-0.1, -0.05) is 0 Å². The van der Waals surface area contributed by atoms with E-state index in [1.54, 1.807) is 13.8 Å². The Morgan fingerprint density at radius 3 is 2.59 bits per heavy atom. The van der Waals surface area contributed by atoms with Gasteiger partial charge in [-0.05, 0) is 13.8 Å². The molecule has 0 aliphatic rings. The Hall–Kier alpha value is -2.51. The van der Waals surface area contributed by atoms with Crippen LogP contribution in [-0.2, 0) is 0 Å². The SMILES string of the molecule is Cc1nnc(-n2cc(N)c(C(=O)O)n2)nc1C. The second-order valence-corrected chi connectivity index (χ2v) is 3.47. The summed E-state index contributed by atoms with van der Waals surface area (Å²) in [5.74, 6) is -1.01. The molecule has 0 saturated carbocycles. The molecule has 0 fully saturated rings. The maximum atomic E-state index is 10.8. The number of carboxylic acids is 1. The molecule has 2 heterocycles. The highest BCUT2D eigenvalue weighted by Crippen LogP contribution is 2.11. The number of aromatic nitrogens is 5. The Morgan fingerprint density at radius 2 is 2.06 bits per heavy atom. The van der Waals surface area contributed by atoms with Crippen LogP contribution in [0.25, 0.3) is 5.95 Å². The van der Waals surface area contributed by atoms with Gasteiger partial charge >= 0.3 is 5.97 Å². The predicted octanol–water partition coefficient (Wildman–Crippen LogP) is -0.0455. The summed E-state index contributed by atoms with van der Waals surface area (Å²) >= 11 is 0. The Morgan fingerprint density at radius 1 is 1.35 bits per heavy atom. The molecule has 0 radical (unpaired) electrons. The van der Waals surface area contributed by atoms with Crippen molar-refractivity contribution < 1.29 is 9.90 Å². The van der Waals surface area contributed by atoms with Gasteiger partial charge in [-0.3, -0.25) is 0 Å². The van der Waals surface area contributed by atoms with Gasteiger partial charge in [-0.15, -0.1) is 5.10 Å². The highest BCUT2D eigenvalue weighted by atomic mass is 16.4. The average Bonchev–Trinajstić information content (AvgIpc) is 2.64. The van der Waals surface area contributed by atoms with Gasteiger partial charge in [0.25, 0.3) is 5.95 Å². The van der Waals surface area contributed by atoms with E-state index in [2.05, 4.69) is 20.3 Å². The van der Waals surface area contributed by atoms with Crippen molar-refractivity contribution in [2.45, 2.75) is 13.8 Å². The van der Waals surface area contributed by atoms with E-state index in [1.807, 2.05) is 0 Å². The zero-order valence-electron chi connectivity index (χ0n) is 9.25. The topological polar surface area (TPSA) is 120 Å². The summed E-state index contributed by atoms with van der Waals surface area (Å²) < 4.78 is 1.19. The summed E-state index contributed by atoms with van der Waals surface area (Å²) in [6.07, 6.45) is 1.34. The molecule has 0 unspecified atom stereocenters. The van der Waals surface area contributed by atoms with E-state index in [0.29, 0.717) is 11.4 Å².